The molecule has 1 aromatic carbocycles. The average molecular weight is 207 g/mol. The maximum atomic E-state index is 5.62. The van der Waals surface area contributed by atoms with E-state index in [9.17, 15) is 0 Å². The average Bonchev–Trinajstić information content (AvgIpc) is 2.26. The number of rotatable bonds is 7. The van der Waals surface area contributed by atoms with E-state index in [0.29, 0.717) is 0 Å². The zero-order valence-electron chi connectivity index (χ0n) is 9.54. The zero-order chi connectivity index (χ0) is 10.9. The summed E-state index contributed by atoms with van der Waals surface area (Å²) in [5.74, 6) is 0. The predicted molar refractivity (Wildman–Crippen MR) is 64.9 cm³/mol. The van der Waals surface area contributed by atoms with Crippen molar-refractivity contribution in [3.8, 4) is 0 Å². The molecule has 0 fully saturated rings. The van der Waals surface area contributed by atoms with Crippen LogP contribution in [0.15, 0.2) is 24.3 Å². The molecule has 0 bridgehead atoms. The first kappa shape index (κ1) is 12.1. The zero-order valence-corrected chi connectivity index (χ0v) is 9.54. The molecule has 0 spiro atoms. The summed E-state index contributed by atoms with van der Waals surface area (Å²) in [5.41, 5.74) is 7.85. The molecule has 0 aliphatic carbocycles. The van der Waals surface area contributed by atoms with Crippen molar-refractivity contribution in [1.82, 2.24) is 0 Å². The molecule has 0 aliphatic rings. The van der Waals surface area contributed by atoms with Crippen molar-refractivity contribution < 1.29 is 4.74 Å². The Morgan fingerprint density at radius 3 is 2.33 bits per heavy atom. The monoisotopic (exact) mass is 207 g/mol. The first-order valence-electron chi connectivity index (χ1n) is 5.66. The molecular formula is C13H21NO. The standard InChI is InChI=1S/C13H21NO/c1-15-11-5-3-2-4-6-12-7-9-13(14)10-8-12/h7-10H,2-6,11,14H2,1H3. The fourth-order valence-electron chi connectivity index (χ4n) is 1.61. The van der Waals surface area contributed by atoms with Gasteiger partial charge in [-0.25, -0.2) is 0 Å². The molecule has 0 atom stereocenters. The molecule has 0 aromatic heterocycles. The van der Waals surface area contributed by atoms with E-state index in [1.807, 2.05) is 12.1 Å². The third-order valence-corrected chi connectivity index (χ3v) is 2.54. The maximum Gasteiger partial charge on any atom is 0.0462 e. The van der Waals surface area contributed by atoms with Crippen LogP contribution in [0.3, 0.4) is 0 Å². The van der Waals surface area contributed by atoms with Crippen LogP contribution in [0.1, 0.15) is 31.2 Å². The van der Waals surface area contributed by atoms with E-state index in [-0.39, 0.29) is 0 Å². The smallest absolute Gasteiger partial charge is 0.0462 e. The third-order valence-electron chi connectivity index (χ3n) is 2.54. The van der Waals surface area contributed by atoms with E-state index in [0.717, 1.165) is 18.7 Å². The molecule has 1 rings (SSSR count). The van der Waals surface area contributed by atoms with Gasteiger partial charge in [0.05, 0.1) is 0 Å². The summed E-state index contributed by atoms with van der Waals surface area (Å²) in [4.78, 5) is 0. The summed E-state index contributed by atoms with van der Waals surface area (Å²) in [7, 11) is 1.76. The molecule has 0 saturated heterocycles. The van der Waals surface area contributed by atoms with Gasteiger partial charge in [-0.2, -0.15) is 0 Å². The molecule has 2 heteroatoms. The molecule has 0 amide bonds. The number of ether oxygens (including phenoxy) is 1. The number of unbranched alkanes of at least 4 members (excludes halogenated alkanes) is 3. The fraction of sp³-hybridized carbons (Fsp3) is 0.538. The predicted octanol–water partition coefficient (Wildman–Crippen LogP) is 3.02. The molecule has 0 aliphatic heterocycles. The summed E-state index contributed by atoms with van der Waals surface area (Å²) in [6.45, 7) is 0.891. The lowest BCUT2D eigenvalue weighted by Gasteiger charge is -2.02. The van der Waals surface area contributed by atoms with E-state index in [1.54, 1.807) is 7.11 Å². The van der Waals surface area contributed by atoms with Crippen LogP contribution in [0.4, 0.5) is 5.69 Å². The minimum Gasteiger partial charge on any atom is -0.399 e. The van der Waals surface area contributed by atoms with Gasteiger partial charge in [0.1, 0.15) is 0 Å². The normalized spacial score (nSPS) is 10.5. The van der Waals surface area contributed by atoms with Gasteiger partial charge in [0.15, 0.2) is 0 Å². The minimum absolute atomic E-state index is 0.846. The summed E-state index contributed by atoms with van der Waals surface area (Å²) in [6, 6.07) is 8.18. The van der Waals surface area contributed by atoms with Gasteiger partial charge in [-0.1, -0.05) is 25.0 Å². The molecule has 0 heterocycles. The van der Waals surface area contributed by atoms with Crippen LogP contribution in [0.5, 0.6) is 0 Å². The Labute approximate surface area is 92.4 Å². The molecule has 2 nitrogen and oxygen atoms in total. The highest BCUT2D eigenvalue weighted by Crippen LogP contribution is 2.10. The fourth-order valence-corrected chi connectivity index (χ4v) is 1.61. The van der Waals surface area contributed by atoms with Gasteiger partial charge < -0.3 is 10.5 Å². The van der Waals surface area contributed by atoms with Gasteiger partial charge in [0.25, 0.3) is 0 Å². The second-order valence-electron chi connectivity index (χ2n) is 3.90. The summed E-state index contributed by atoms with van der Waals surface area (Å²) >= 11 is 0. The largest absolute Gasteiger partial charge is 0.399 e. The van der Waals surface area contributed by atoms with Gasteiger partial charge >= 0.3 is 0 Å². The Morgan fingerprint density at radius 1 is 1.00 bits per heavy atom. The number of hydrogen-bond donors (Lipinski definition) is 1. The SMILES string of the molecule is COCCCCCCc1ccc(N)cc1. The second-order valence-corrected chi connectivity index (χ2v) is 3.90. The lowest BCUT2D eigenvalue weighted by atomic mass is 10.1. The van der Waals surface area contributed by atoms with Crippen molar-refractivity contribution in [2.75, 3.05) is 19.5 Å². The van der Waals surface area contributed by atoms with Crippen LogP contribution >= 0.6 is 0 Å². The quantitative estimate of drug-likeness (QED) is 0.551. The first-order valence-corrected chi connectivity index (χ1v) is 5.66. The minimum atomic E-state index is 0.846. The van der Waals surface area contributed by atoms with E-state index < -0.39 is 0 Å². The van der Waals surface area contributed by atoms with E-state index >= 15 is 0 Å². The second kappa shape index (κ2) is 7.30. The molecule has 0 saturated carbocycles. The Kier molecular flexibility index (Phi) is 5.86. The maximum absolute atomic E-state index is 5.62. The molecule has 15 heavy (non-hydrogen) atoms. The van der Waals surface area contributed by atoms with Crippen LogP contribution < -0.4 is 5.73 Å². The van der Waals surface area contributed by atoms with Gasteiger partial charge in [0.2, 0.25) is 0 Å². The highest BCUT2D eigenvalue weighted by Gasteiger charge is 1.93. The van der Waals surface area contributed by atoms with Crippen molar-refractivity contribution >= 4 is 5.69 Å². The number of hydrogen-bond acceptors (Lipinski definition) is 2. The van der Waals surface area contributed by atoms with Gasteiger partial charge in [-0.3, -0.25) is 0 Å². The molecule has 0 unspecified atom stereocenters. The molecular weight excluding hydrogens is 186 g/mol. The van der Waals surface area contributed by atoms with E-state index in [2.05, 4.69) is 12.1 Å². The lowest BCUT2D eigenvalue weighted by Crippen LogP contribution is -1.90. The summed E-state index contributed by atoms with van der Waals surface area (Å²) in [5, 5.41) is 0. The van der Waals surface area contributed by atoms with E-state index in [4.69, 9.17) is 10.5 Å². The van der Waals surface area contributed by atoms with Crippen LogP contribution in [-0.2, 0) is 11.2 Å². The van der Waals surface area contributed by atoms with Crippen molar-refractivity contribution in [1.29, 1.82) is 0 Å². The molecule has 84 valence electrons. The molecule has 2 N–H and O–H groups in total. The van der Waals surface area contributed by atoms with Crippen molar-refractivity contribution in [2.45, 2.75) is 32.1 Å². The van der Waals surface area contributed by atoms with Crippen molar-refractivity contribution in [2.24, 2.45) is 0 Å². The third kappa shape index (κ3) is 5.43. The van der Waals surface area contributed by atoms with Gasteiger partial charge in [-0.05, 0) is 37.0 Å². The van der Waals surface area contributed by atoms with Gasteiger partial charge in [-0.15, -0.1) is 0 Å². The van der Waals surface area contributed by atoms with Crippen LogP contribution in [-0.4, -0.2) is 13.7 Å². The topological polar surface area (TPSA) is 35.2 Å². The van der Waals surface area contributed by atoms with E-state index in [1.165, 1.54) is 31.2 Å². The highest BCUT2D eigenvalue weighted by atomic mass is 16.5. The highest BCUT2D eigenvalue weighted by molar-refractivity contribution is 5.39. The van der Waals surface area contributed by atoms with Crippen molar-refractivity contribution in [3.05, 3.63) is 29.8 Å². The number of anilines is 1. The Bertz CT molecular complexity index is 256. The Balaban J connectivity index is 2.07. The number of nitrogens with two attached hydrogens (primary N) is 1. The summed E-state index contributed by atoms with van der Waals surface area (Å²) in [6.07, 6.45) is 6.15. The Morgan fingerprint density at radius 2 is 1.67 bits per heavy atom. The van der Waals surface area contributed by atoms with Crippen LogP contribution in [0.2, 0.25) is 0 Å². The van der Waals surface area contributed by atoms with Crippen LogP contribution in [0.25, 0.3) is 0 Å². The first-order chi connectivity index (χ1) is 7.33. The number of aryl methyl sites for hydroxylation is 1. The Hall–Kier alpha value is -1.02. The molecule has 0 radical (unpaired) electrons. The number of benzene rings is 1. The molecule has 1 aromatic rings. The number of nitrogen functional groups attached to an aromatic ring is 1. The van der Waals surface area contributed by atoms with Crippen molar-refractivity contribution in [3.63, 3.8) is 0 Å². The van der Waals surface area contributed by atoms with Crippen LogP contribution in [0, 0.1) is 0 Å². The lowest BCUT2D eigenvalue weighted by molar-refractivity contribution is 0.192. The van der Waals surface area contributed by atoms with Gasteiger partial charge in [0, 0.05) is 19.4 Å². The summed E-state index contributed by atoms with van der Waals surface area (Å²) < 4.78 is 5.01. The number of methoxy groups -OCH3 is 1.